The van der Waals surface area contributed by atoms with Gasteiger partial charge in [-0.3, -0.25) is 0 Å². The van der Waals surface area contributed by atoms with Crippen molar-refractivity contribution in [2.45, 2.75) is 76.2 Å². The predicted molar refractivity (Wildman–Crippen MR) is 77.7 cm³/mol. The molecule has 21 heavy (non-hydrogen) atoms. The first kappa shape index (κ1) is 21.2. The van der Waals surface area contributed by atoms with E-state index in [1.54, 1.807) is 6.07 Å². The van der Waals surface area contributed by atoms with Crippen molar-refractivity contribution in [1.29, 1.82) is 0 Å². The predicted octanol–water partition coefficient (Wildman–Crippen LogP) is 1.43. The van der Waals surface area contributed by atoms with Crippen LogP contribution in [0.25, 0.3) is 0 Å². The maximum absolute atomic E-state index is 10.8. The summed E-state index contributed by atoms with van der Waals surface area (Å²) >= 11 is 0. The van der Waals surface area contributed by atoms with Crippen LogP contribution in [0.4, 0.5) is 0 Å². The third-order valence-electron chi connectivity index (χ3n) is 3.57. The Bertz CT molecular complexity index is 482. The first-order valence-electron chi connectivity index (χ1n) is 7.50. The van der Waals surface area contributed by atoms with Gasteiger partial charge in [0.1, 0.15) is 5.76 Å². The fourth-order valence-corrected chi connectivity index (χ4v) is 2.72. The van der Waals surface area contributed by atoms with E-state index in [1.165, 1.54) is 44.6 Å². The summed E-state index contributed by atoms with van der Waals surface area (Å²) in [7, 11) is -4.47. The molecule has 0 spiro atoms. The number of rotatable bonds is 10. The van der Waals surface area contributed by atoms with Crippen molar-refractivity contribution in [3.8, 4) is 0 Å². The molecule has 0 radical (unpaired) electrons. The Morgan fingerprint density at radius 2 is 1.67 bits per heavy atom. The van der Waals surface area contributed by atoms with Crippen LogP contribution in [0.3, 0.4) is 0 Å². The van der Waals surface area contributed by atoms with E-state index in [9.17, 15) is 13.0 Å². The molecule has 0 fully saturated rings. The van der Waals surface area contributed by atoms with Crippen molar-refractivity contribution in [1.82, 2.24) is 0 Å². The summed E-state index contributed by atoms with van der Waals surface area (Å²) in [5, 5.41) is -0.473. The first-order chi connectivity index (χ1) is 9.45. The second-order valence-electron chi connectivity index (χ2n) is 5.42. The largest absolute Gasteiger partial charge is 1.00 e. The van der Waals surface area contributed by atoms with Gasteiger partial charge in [0.05, 0.1) is 0 Å². The minimum Gasteiger partial charge on any atom is -0.742 e. The van der Waals surface area contributed by atoms with Gasteiger partial charge in [0.15, 0.2) is 10.1 Å². The molecule has 1 aromatic rings. The molecular weight excluding hydrogens is 299 g/mol. The Labute approximate surface area is 150 Å². The van der Waals surface area contributed by atoms with E-state index in [2.05, 4.69) is 6.92 Å². The Morgan fingerprint density at radius 3 is 2.19 bits per heavy atom. The van der Waals surface area contributed by atoms with Crippen LogP contribution in [0.2, 0.25) is 0 Å². The van der Waals surface area contributed by atoms with Crippen LogP contribution >= 0.6 is 0 Å². The average Bonchev–Trinajstić information content (AvgIpc) is 2.87. The van der Waals surface area contributed by atoms with Gasteiger partial charge in [-0.2, -0.15) is 0 Å². The fourth-order valence-electron chi connectivity index (χ4n) is 2.28. The van der Waals surface area contributed by atoms with Gasteiger partial charge in [-0.05, 0) is 18.6 Å². The average molecular weight is 324 g/mol. The quantitative estimate of drug-likeness (QED) is 0.371. The van der Waals surface area contributed by atoms with E-state index in [4.69, 9.17) is 4.42 Å². The summed E-state index contributed by atoms with van der Waals surface area (Å²) in [5.74, 6) is 0.742. The molecule has 0 aliphatic heterocycles. The van der Waals surface area contributed by atoms with Gasteiger partial charge in [-0.15, -0.1) is 0 Å². The molecule has 1 unspecified atom stereocenters. The Balaban J connectivity index is 0.00000400. The molecule has 6 heteroatoms. The maximum Gasteiger partial charge on any atom is 1.00 e. The molecule has 0 saturated heterocycles. The molecule has 0 aliphatic rings. The van der Waals surface area contributed by atoms with Crippen LogP contribution in [0.5, 0.6) is 0 Å². The van der Waals surface area contributed by atoms with Crippen molar-refractivity contribution in [3.63, 3.8) is 0 Å². The molecule has 1 aromatic heterocycles. The van der Waals surface area contributed by atoms with E-state index in [0.717, 1.165) is 12.8 Å². The second kappa shape index (κ2) is 10.8. The Morgan fingerprint density at radius 1 is 1.10 bits per heavy atom. The van der Waals surface area contributed by atoms with Crippen LogP contribution in [-0.2, 0) is 10.1 Å². The molecule has 0 amide bonds. The zero-order chi connectivity index (χ0) is 15.0. The van der Waals surface area contributed by atoms with Crippen molar-refractivity contribution < 1.29 is 46.9 Å². The van der Waals surface area contributed by atoms with E-state index in [-0.39, 0.29) is 35.5 Å². The van der Waals surface area contributed by atoms with E-state index >= 15 is 0 Å². The van der Waals surface area contributed by atoms with Crippen LogP contribution in [0, 0.1) is 0 Å². The van der Waals surface area contributed by atoms with E-state index in [0.29, 0.717) is 5.76 Å². The number of unbranched alkanes of at least 4 members (excludes halogenated alkanes) is 6. The van der Waals surface area contributed by atoms with Crippen LogP contribution in [0.1, 0.15) is 76.9 Å². The summed E-state index contributed by atoms with van der Waals surface area (Å²) in [5.41, 5.74) is 0. The van der Waals surface area contributed by atoms with Crippen LogP contribution in [-0.4, -0.2) is 13.0 Å². The monoisotopic (exact) mass is 324 g/mol. The minimum absolute atomic E-state index is 0. The smallest absolute Gasteiger partial charge is 0.742 e. The first-order valence-corrected chi connectivity index (χ1v) is 8.91. The zero-order valence-electron chi connectivity index (χ0n) is 13.4. The van der Waals surface area contributed by atoms with Gasteiger partial charge >= 0.3 is 29.6 Å². The molecule has 4 nitrogen and oxygen atoms in total. The van der Waals surface area contributed by atoms with Gasteiger partial charge in [0, 0.05) is 5.92 Å². The molecule has 1 rings (SSSR count). The topological polar surface area (TPSA) is 70.3 Å². The standard InChI is InChI=1S/C15H26O4S.Na/c1-3-4-5-6-7-8-9-10-13(2)14-11-12-15(19-14)20(16,17)18;/h11-13H,3-10H2,1-2H3,(H,16,17,18);/q;+1/p-1. The Kier molecular flexibility index (Phi) is 10.9. The van der Waals surface area contributed by atoms with Gasteiger partial charge < -0.3 is 8.97 Å². The molecule has 0 aromatic carbocycles. The van der Waals surface area contributed by atoms with Crippen molar-refractivity contribution in [2.24, 2.45) is 0 Å². The third kappa shape index (κ3) is 8.41. The summed E-state index contributed by atoms with van der Waals surface area (Å²) in [6.45, 7) is 4.21. The van der Waals surface area contributed by atoms with Crippen molar-refractivity contribution in [3.05, 3.63) is 17.9 Å². The van der Waals surface area contributed by atoms with Gasteiger partial charge in [0.25, 0.3) is 0 Å². The van der Waals surface area contributed by atoms with Crippen LogP contribution in [0.15, 0.2) is 21.6 Å². The molecule has 0 aliphatic carbocycles. The normalized spacial score (nSPS) is 12.9. The maximum atomic E-state index is 10.8. The second-order valence-corrected chi connectivity index (χ2v) is 6.73. The van der Waals surface area contributed by atoms with Crippen LogP contribution < -0.4 is 29.6 Å². The van der Waals surface area contributed by atoms with Crippen molar-refractivity contribution in [2.75, 3.05) is 0 Å². The molecule has 0 N–H and O–H groups in total. The molecule has 116 valence electrons. The van der Waals surface area contributed by atoms with Crippen molar-refractivity contribution >= 4 is 10.1 Å². The number of hydrogen-bond acceptors (Lipinski definition) is 4. The van der Waals surface area contributed by atoms with Gasteiger partial charge in [-0.1, -0.05) is 58.8 Å². The summed E-state index contributed by atoms with van der Waals surface area (Å²) in [6.07, 6.45) is 9.70. The molecule has 0 saturated carbocycles. The van der Waals surface area contributed by atoms with E-state index < -0.39 is 15.2 Å². The minimum atomic E-state index is -4.47. The summed E-state index contributed by atoms with van der Waals surface area (Å²) in [4.78, 5) is 0. The van der Waals surface area contributed by atoms with Gasteiger partial charge in [0.2, 0.25) is 5.09 Å². The molecule has 1 heterocycles. The SMILES string of the molecule is CCCCCCCCCC(C)c1ccc(S(=O)(=O)[O-])o1.[Na+]. The zero-order valence-corrected chi connectivity index (χ0v) is 16.2. The Hall–Kier alpha value is 0.190. The fraction of sp³-hybridized carbons (Fsp3) is 0.733. The number of furan rings is 1. The summed E-state index contributed by atoms with van der Waals surface area (Å²) in [6, 6.07) is 2.84. The summed E-state index contributed by atoms with van der Waals surface area (Å²) < 4.78 is 37.5. The number of hydrogen-bond donors (Lipinski definition) is 0. The molecule has 1 atom stereocenters. The molecule has 0 bridgehead atoms. The third-order valence-corrected chi connectivity index (χ3v) is 4.29. The molecular formula is C15H25NaO4S. The van der Waals surface area contributed by atoms with E-state index in [1.807, 2.05) is 6.92 Å². The van der Waals surface area contributed by atoms with Gasteiger partial charge in [-0.25, -0.2) is 8.42 Å².